The number of hydrogen-bond donors (Lipinski definition) is 2. The van der Waals surface area contributed by atoms with Crippen molar-refractivity contribution in [3.8, 4) is 5.75 Å². The summed E-state index contributed by atoms with van der Waals surface area (Å²) >= 11 is 0. The van der Waals surface area contributed by atoms with Crippen LogP contribution in [0.3, 0.4) is 0 Å². The van der Waals surface area contributed by atoms with Crippen molar-refractivity contribution in [1.82, 2.24) is 5.32 Å². The molecule has 18 heavy (non-hydrogen) atoms. The summed E-state index contributed by atoms with van der Waals surface area (Å²) in [7, 11) is 1.67. The Morgan fingerprint density at radius 2 is 1.61 bits per heavy atom. The first-order valence-electron chi connectivity index (χ1n) is 6.32. The molecule has 0 bridgehead atoms. The van der Waals surface area contributed by atoms with Crippen LogP contribution in [0.5, 0.6) is 5.75 Å². The molecule has 0 unspecified atom stereocenters. The fraction of sp³-hybridized carbons (Fsp3) is 0.600. The Bertz CT molecular complexity index is 363. The molecule has 0 aliphatic carbocycles. The van der Waals surface area contributed by atoms with Gasteiger partial charge in [0.1, 0.15) is 5.75 Å². The van der Waals surface area contributed by atoms with Crippen molar-refractivity contribution in [2.24, 2.45) is 0 Å². The first-order valence-corrected chi connectivity index (χ1v) is 6.32. The van der Waals surface area contributed by atoms with E-state index in [1.807, 2.05) is 12.1 Å². The lowest BCUT2D eigenvalue weighted by Gasteiger charge is -2.28. The maximum atomic E-state index is 9.67. The van der Waals surface area contributed by atoms with Crippen molar-refractivity contribution in [3.05, 3.63) is 29.8 Å². The van der Waals surface area contributed by atoms with Crippen LogP contribution in [0.1, 0.15) is 33.3 Å². The van der Waals surface area contributed by atoms with E-state index in [2.05, 4.69) is 31.3 Å². The lowest BCUT2D eigenvalue weighted by molar-refractivity contribution is 0.0785. The van der Waals surface area contributed by atoms with Crippen LogP contribution in [0, 0.1) is 0 Å². The second kappa shape index (κ2) is 5.72. The van der Waals surface area contributed by atoms with Gasteiger partial charge in [-0.25, -0.2) is 0 Å². The van der Waals surface area contributed by atoms with Gasteiger partial charge in [0.25, 0.3) is 0 Å². The molecular weight excluding hydrogens is 226 g/mol. The summed E-state index contributed by atoms with van der Waals surface area (Å²) in [5, 5.41) is 13.0. The molecule has 102 valence electrons. The molecular formula is C15H25NO2. The van der Waals surface area contributed by atoms with Crippen LogP contribution in [-0.4, -0.2) is 30.9 Å². The number of ether oxygens (including phenoxy) is 1. The molecule has 1 aromatic carbocycles. The number of methoxy groups -OCH3 is 1. The Hall–Kier alpha value is -1.06. The molecule has 0 amide bonds. The lowest BCUT2D eigenvalue weighted by atomic mass is 9.84. The highest BCUT2D eigenvalue weighted by Gasteiger charge is 2.21. The van der Waals surface area contributed by atoms with E-state index in [4.69, 9.17) is 4.74 Å². The highest BCUT2D eigenvalue weighted by Crippen LogP contribution is 2.24. The van der Waals surface area contributed by atoms with E-state index >= 15 is 0 Å². The SMILES string of the molecule is COc1ccc(C(C)(C)CNCC(C)(C)O)cc1. The third-order valence-corrected chi connectivity index (χ3v) is 3.00. The fourth-order valence-electron chi connectivity index (χ4n) is 1.83. The molecule has 0 heterocycles. The Morgan fingerprint density at radius 3 is 2.06 bits per heavy atom. The first kappa shape index (κ1) is 15.0. The molecule has 3 heteroatoms. The van der Waals surface area contributed by atoms with Crippen molar-refractivity contribution in [1.29, 1.82) is 0 Å². The highest BCUT2D eigenvalue weighted by atomic mass is 16.5. The Morgan fingerprint density at radius 1 is 1.06 bits per heavy atom. The zero-order valence-electron chi connectivity index (χ0n) is 12.1. The molecule has 0 spiro atoms. The lowest BCUT2D eigenvalue weighted by Crippen LogP contribution is -2.41. The Labute approximate surface area is 110 Å². The molecule has 0 saturated carbocycles. The van der Waals surface area contributed by atoms with Crippen LogP contribution < -0.4 is 10.1 Å². The molecule has 0 radical (unpaired) electrons. The van der Waals surface area contributed by atoms with Crippen LogP contribution in [0.2, 0.25) is 0 Å². The smallest absolute Gasteiger partial charge is 0.118 e. The van der Waals surface area contributed by atoms with E-state index < -0.39 is 5.60 Å². The van der Waals surface area contributed by atoms with Gasteiger partial charge in [0.15, 0.2) is 0 Å². The van der Waals surface area contributed by atoms with Gasteiger partial charge in [0.05, 0.1) is 12.7 Å². The largest absolute Gasteiger partial charge is 0.497 e. The molecule has 3 nitrogen and oxygen atoms in total. The minimum absolute atomic E-state index is 0.0253. The number of aliphatic hydroxyl groups is 1. The van der Waals surface area contributed by atoms with Crippen LogP contribution >= 0.6 is 0 Å². The minimum Gasteiger partial charge on any atom is -0.497 e. The van der Waals surface area contributed by atoms with Crippen LogP contribution in [0.4, 0.5) is 0 Å². The molecule has 0 aliphatic heterocycles. The molecule has 1 aromatic rings. The third-order valence-electron chi connectivity index (χ3n) is 3.00. The summed E-state index contributed by atoms with van der Waals surface area (Å²) in [6.45, 7) is 9.40. The summed E-state index contributed by atoms with van der Waals surface area (Å²) in [5.41, 5.74) is 0.611. The predicted molar refractivity (Wildman–Crippen MR) is 75.2 cm³/mol. The van der Waals surface area contributed by atoms with Gasteiger partial charge in [-0.3, -0.25) is 0 Å². The van der Waals surface area contributed by atoms with Gasteiger partial charge < -0.3 is 15.2 Å². The molecule has 0 aliphatic rings. The van der Waals surface area contributed by atoms with E-state index in [1.165, 1.54) is 5.56 Å². The topological polar surface area (TPSA) is 41.5 Å². The second-order valence-corrected chi connectivity index (χ2v) is 6.03. The molecule has 0 aromatic heterocycles. The zero-order chi connectivity index (χ0) is 13.8. The van der Waals surface area contributed by atoms with Gasteiger partial charge in [0, 0.05) is 18.5 Å². The molecule has 2 N–H and O–H groups in total. The van der Waals surface area contributed by atoms with Gasteiger partial charge in [-0.05, 0) is 31.5 Å². The third kappa shape index (κ3) is 4.67. The summed E-state index contributed by atoms with van der Waals surface area (Å²) in [4.78, 5) is 0. The van der Waals surface area contributed by atoms with E-state index in [-0.39, 0.29) is 5.41 Å². The van der Waals surface area contributed by atoms with Crippen LogP contribution in [0.25, 0.3) is 0 Å². The van der Waals surface area contributed by atoms with E-state index in [1.54, 1.807) is 21.0 Å². The van der Waals surface area contributed by atoms with Crippen LogP contribution in [-0.2, 0) is 5.41 Å². The van der Waals surface area contributed by atoms with Gasteiger partial charge in [-0.15, -0.1) is 0 Å². The van der Waals surface area contributed by atoms with Crippen molar-refractivity contribution >= 4 is 0 Å². The maximum absolute atomic E-state index is 9.67. The van der Waals surface area contributed by atoms with E-state index in [0.717, 1.165) is 12.3 Å². The first-order chi connectivity index (χ1) is 8.24. The quantitative estimate of drug-likeness (QED) is 0.815. The summed E-state index contributed by atoms with van der Waals surface area (Å²) in [5.74, 6) is 0.874. The average molecular weight is 251 g/mol. The van der Waals surface area contributed by atoms with Gasteiger partial charge in [-0.2, -0.15) is 0 Å². The normalized spacial score (nSPS) is 12.6. The zero-order valence-corrected chi connectivity index (χ0v) is 12.1. The van der Waals surface area contributed by atoms with Gasteiger partial charge in [0.2, 0.25) is 0 Å². The maximum Gasteiger partial charge on any atom is 0.118 e. The van der Waals surface area contributed by atoms with Gasteiger partial charge >= 0.3 is 0 Å². The number of nitrogens with one attached hydrogen (secondary N) is 1. The molecule has 0 fully saturated rings. The second-order valence-electron chi connectivity index (χ2n) is 6.03. The number of rotatable bonds is 6. The summed E-state index contributed by atoms with van der Waals surface area (Å²) < 4.78 is 5.16. The van der Waals surface area contributed by atoms with Crippen molar-refractivity contribution in [3.63, 3.8) is 0 Å². The average Bonchev–Trinajstić information content (AvgIpc) is 2.27. The Balaban J connectivity index is 2.61. The number of hydrogen-bond acceptors (Lipinski definition) is 3. The number of benzene rings is 1. The molecule has 0 atom stereocenters. The summed E-state index contributed by atoms with van der Waals surface area (Å²) in [6.07, 6.45) is 0. The predicted octanol–water partition coefficient (Wildman–Crippen LogP) is 2.33. The molecule has 1 rings (SSSR count). The standard InChI is InChI=1S/C15H25NO2/c1-14(2,10-16-11-15(3,4)17)12-6-8-13(18-5)9-7-12/h6-9,16-17H,10-11H2,1-5H3. The fourth-order valence-corrected chi connectivity index (χ4v) is 1.83. The van der Waals surface area contributed by atoms with E-state index in [0.29, 0.717) is 6.54 Å². The van der Waals surface area contributed by atoms with Gasteiger partial charge in [-0.1, -0.05) is 26.0 Å². The molecule has 0 saturated heterocycles. The van der Waals surface area contributed by atoms with Crippen molar-refractivity contribution in [2.45, 2.75) is 38.7 Å². The Kier molecular flexibility index (Phi) is 4.77. The minimum atomic E-state index is -0.671. The van der Waals surface area contributed by atoms with E-state index in [9.17, 15) is 5.11 Å². The summed E-state index contributed by atoms with van der Waals surface area (Å²) in [6, 6.07) is 8.13. The van der Waals surface area contributed by atoms with Crippen LogP contribution in [0.15, 0.2) is 24.3 Å². The highest BCUT2D eigenvalue weighted by molar-refractivity contribution is 5.31. The monoisotopic (exact) mass is 251 g/mol. The van der Waals surface area contributed by atoms with Crippen molar-refractivity contribution in [2.75, 3.05) is 20.2 Å². The van der Waals surface area contributed by atoms with Crippen molar-refractivity contribution < 1.29 is 9.84 Å².